The van der Waals surface area contributed by atoms with Crippen molar-refractivity contribution in [2.45, 2.75) is 59.8 Å². The molecule has 0 unspecified atom stereocenters. The Morgan fingerprint density at radius 2 is 1.75 bits per heavy atom. The van der Waals surface area contributed by atoms with Gasteiger partial charge in [0.2, 0.25) is 5.91 Å². The number of nitrogens with zero attached hydrogens (tertiary/aromatic N) is 1. The largest absolute Gasteiger partial charge is 0.342 e. The third-order valence-electron chi connectivity index (χ3n) is 5.70. The van der Waals surface area contributed by atoms with E-state index >= 15 is 0 Å². The summed E-state index contributed by atoms with van der Waals surface area (Å²) in [5.41, 5.74) is 0.312. The number of carbonyl (C=O) groups excluding carboxylic acids is 1. The molecule has 116 valence electrons. The average Bonchev–Trinajstić information content (AvgIpc) is 2.46. The lowest BCUT2D eigenvalue weighted by Crippen LogP contribution is -2.51. The highest BCUT2D eigenvalue weighted by Crippen LogP contribution is 2.38. The van der Waals surface area contributed by atoms with Gasteiger partial charge >= 0.3 is 0 Å². The van der Waals surface area contributed by atoms with E-state index in [1.54, 1.807) is 0 Å². The summed E-state index contributed by atoms with van der Waals surface area (Å²) in [4.78, 5) is 15.1. The normalized spacial score (nSPS) is 24.7. The number of rotatable bonds is 2. The zero-order valence-electron chi connectivity index (χ0n) is 13.8. The summed E-state index contributed by atoms with van der Waals surface area (Å²) in [6.07, 6.45) is 5.37. The Kier molecular flexibility index (Phi) is 4.78. The number of amides is 1. The van der Waals surface area contributed by atoms with Gasteiger partial charge in [-0.2, -0.15) is 0 Å². The maximum atomic E-state index is 13.0. The highest BCUT2D eigenvalue weighted by Gasteiger charge is 2.41. The third kappa shape index (κ3) is 3.19. The van der Waals surface area contributed by atoms with E-state index in [2.05, 4.69) is 37.9 Å². The highest BCUT2D eigenvalue weighted by atomic mass is 16.2. The van der Waals surface area contributed by atoms with Crippen LogP contribution in [-0.4, -0.2) is 37.0 Å². The maximum Gasteiger partial charge on any atom is 0.228 e. The van der Waals surface area contributed by atoms with Crippen molar-refractivity contribution in [3.8, 4) is 0 Å². The van der Waals surface area contributed by atoms with Crippen molar-refractivity contribution >= 4 is 5.91 Å². The second-order valence-corrected chi connectivity index (χ2v) is 7.82. The van der Waals surface area contributed by atoms with Crippen LogP contribution >= 0.6 is 0 Å². The standard InChI is InChI=1S/C17H32N2O/c1-5-17(8-10-18-11-9-17)15(20)19-12-6-14(7-13-19)16(2,3)4/h14,18H,5-13H2,1-4H3. The van der Waals surface area contributed by atoms with Crippen LogP contribution in [0.1, 0.15) is 59.8 Å². The molecule has 1 amide bonds. The quantitative estimate of drug-likeness (QED) is 0.843. The first-order valence-corrected chi connectivity index (χ1v) is 8.39. The predicted octanol–water partition coefficient (Wildman–Crippen LogP) is 3.05. The Hall–Kier alpha value is -0.570. The molecule has 0 bridgehead atoms. The Morgan fingerprint density at radius 1 is 1.20 bits per heavy atom. The molecule has 0 aliphatic carbocycles. The lowest BCUT2D eigenvalue weighted by molar-refractivity contribution is -0.146. The number of hydrogen-bond acceptors (Lipinski definition) is 2. The molecule has 1 N–H and O–H groups in total. The van der Waals surface area contributed by atoms with E-state index < -0.39 is 0 Å². The number of hydrogen-bond donors (Lipinski definition) is 1. The molecule has 2 saturated heterocycles. The van der Waals surface area contributed by atoms with Crippen molar-refractivity contribution in [3.05, 3.63) is 0 Å². The first kappa shape index (κ1) is 15.8. The molecule has 0 spiro atoms. The zero-order chi connectivity index (χ0) is 14.8. The van der Waals surface area contributed by atoms with Crippen molar-refractivity contribution in [1.29, 1.82) is 0 Å². The average molecular weight is 280 g/mol. The van der Waals surface area contributed by atoms with Crippen molar-refractivity contribution in [2.75, 3.05) is 26.2 Å². The number of piperidine rings is 2. The molecular weight excluding hydrogens is 248 g/mol. The molecule has 20 heavy (non-hydrogen) atoms. The van der Waals surface area contributed by atoms with Crippen molar-refractivity contribution in [1.82, 2.24) is 10.2 Å². The first-order chi connectivity index (χ1) is 9.39. The fraction of sp³-hybridized carbons (Fsp3) is 0.941. The van der Waals surface area contributed by atoms with Gasteiger partial charge in [0, 0.05) is 13.1 Å². The fourth-order valence-electron chi connectivity index (χ4n) is 3.91. The Labute approximate surface area is 124 Å². The molecule has 0 aromatic rings. The Morgan fingerprint density at radius 3 is 2.20 bits per heavy atom. The van der Waals surface area contributed by atoms with Gasteiger partial charge < -0.3 is 10.2 Å². The monoisotopic (exact) mass is 280 g/mol. The SMILES string of the molecule is CCC1(C(=O)N2CCC(C(C)(C)C)CC2)CCNCC1. The van der Waals surface area contributed by atoms with Gasteiger partial charge in [0.05, 0.1) is 5.41 Å². The second kappa shape index (κ2) is 6.05. The molecule has 2 aliphatic rings. The lowest BCUT2D eigenvalue weighted by Gasteiger charge is -2.44. The second-order valence-electron chi connectivity index (χ2n) is 7.82. The predicted molar refractivity (Wildman–Crippen MR) is 83.6 cm³/mol. The summed E-state index contributed by atoms with van der Waals surface area (Å²) in [5, 5.41) is 3.39. The molecule has 2 rings (SSSR count). The summed E-state index contributed by atoms with van der Waals surface area (Å²) in [5.74, 6) is 1.20. The first-order valence-electron chi connectivity index (χ1n) is 8.39. The Bertz CT molecular complexity index is 331. The number of nitrogens with one attached hydrogen (secondary N) is 1. The van der Waals surface area contributed by atoms with Crippen LogP contribution in [0.15, 0.2) is 0 Å². The summed E-state index contributed by atoms with van der Waals surface area (Å²) in [6.45, 7) is 13.1. The van der Waals surface area contributed by atoms with Crippen LogP contribution in [0, 0.1) is 16.7 Å². The number of carbonyl (C=O) groups is 1. The molecule has 2 aliphatic heterocycles. The molecule has 2 heterocycles. The van der Waals surface area contributed by atoms with Crippen LogP contribution in [0.25, 0.3) is 0 Å². The van der Waals surface area contributed by atoms with E-state index in [4.69, 9.17) is 0 Å². The van der Waals surface area contributed by atoms with Gasteiger partial charge in [-0.1, -0.05) is 27.7 Å². The minimum absolute atomic E-state index is 0.0696. The van der Waals surface area contributed by atoms with Gasteiger partial charge in [0.25, 0.3) is 0 Å². The van der Waals surface area contributed by atoms with Gasteiger partial charge in [-0.3, -0.25) is 4.79 Å². The summed E-state index contributed by atoms with van der Waals surface area (Å²) >= 11 is 0. The maximum absolute atomic E-state index is 13.0. The molecule has 0 radical (unpaired) electrons. The molecular formula is C17H32N2O. The van der Waals surface area contributed by atoms with Crippen LogP contribution in [-0.2, 0) is 4.79 Å². The fourth-order valence-corrected chi connectivity index (χ4v) is 3.91. The van der Waals surface area contributed by atoms with Gasteiger partial charge in [0.1, 0.15) is 0 Å². The van der Waals surface area contributed by atoms with E-state index in [1.807, 2.05) is 0 Å². The van der Waals surface area contributed by atoms with Crippen LogP contribution < -0.4 is 5.32 Å². The van der Waals surface area contributed by atoms with Gasteiger partial charge in [0.15, 0.2) is 0 Å². The molecule has 3 heteroatoms. The van der Waals surface area contributed by atoms with E-state index in [9.17, 15) is 4.79 Å². The van der Waals surface area contributed by atoms with E-state index in [0.29, 0.717) is 11.3 Å². The zero-order valence-corrected chi connectivity index (χ0v) is 13.8. The van der Waals surface area contributed by atoms with Crippen molar-refractivity contribution < 1.29 is 4.79 Å². The molecule has 0 aromatic heterocycles. The lowest BCUT2D eigenvalue weighted by atomic mass is 9.73. The molecule has 3 nitrogen and oxygen atoms in total. The molecule has 0 saturated carbocycles. The van der Waals surface area contributed by atoms with Gasteiger partial charge in [-0.25, -0.2) is 0 Å². The topological polar surface area (TPSA) is 32.3 Å². The summed E-state index contributed by atoms with van der Waals surface area (Å²) in [7, 11) is 0. The molecule has 2 fully saturated rings. The third-order valence-corrected chi connectivity index (χ3v) is 5.70. The minimum Gasteiger partial charge on any atom is -0.342 e. The number of likely N-dealkylation sites (tertiary alicyclic amines) is 1. The smallest absolute Gasteiger partial charge is 0.228 e. The Balaban J connectivity index is 1.97. The van der Waals surface area contributed by atoms with Crippen LogP contribution in [0.2, 0.25) is 0 Å². The van der Waals surface area contributed by atoms with E-state index in [-0.39, 0.29) is 5.41 Å². The van der Waals surface area contributed by atoms with E-state index in [1.165, 1.54) is 12.8 Å². The van der Waals surface area contributed by atoms with E-state index in [0.717, 1.165) is 51.4 Å². The van der Waals surface area contributed by atoms with Gasteiger partial charge in [-0.05, 0) is 56.5 Å². The van der Waals surface area contributed by atoms with Crippen molar-refractivity contribution in [3.63, 3.8) is 0 Å². The van der Waals surface area contributed by atoms with Gasteiger partial charge in [-0.15, -0.1) is 0 Å². The summed E-state index contributed by atoms with van der Waals surface area (Å²) < 4.78 is 0. The minimum atomic E-state index is -0.0696. The highest BCUT2D eigenvalue weighted by molar-refractivity contribution is 5.83. The van der Waals surface area contributed by atoms with Crippen LogP contribution in [0.4, 0.5) is 0 Å². The summed E-state index contributed by atoms with van der Waals surface area (Å²) in [6, 6.07) is 0. The molecule has 0 atom stereocenters. The van der Waals surface area contributed by atoms with Crippen LogP contribution in [0.3, 0.4) is 0 Å². The molecule has 0 aromatic carbocycles. The van der Waals surface area contributed by atoms with Crippen LogP contribution in [0.5, 0.6) is 0 Å². The van der Waals surface area contributed by atoms with Crippen molar-refractivity contribution in [2.24, 2.45) is 16.7 Å².